The predicted octanol–water partition coefficient (Wildman–Crippen LogP) is 2.67. The van der Waals surface area contributed by atoms with Gasteiger partial charge in [0.05, 0.1) is 11.3 Å². The molecule has 1 aliphatic carbocycles. The molecule has 1 aliphatic rings. The van der Waals surface area contributed by atoms with Crippen molar-refractivity contribution in [3.05, 3.63) is 40.8 Å². The number of aromatic nitrogens is 3. The molecule has 5 heteroatoms. The summed E-state index contributed by atoms with van der Waals surface area (Å²) >= 11 is 6.10. The first kappa shape index (κ1) is 10.3. The lowest BCUT2D eigenvalue weighted by Crippen LogP contribution is -2.01. The van der Waals surface area contributed by atoms with Crippen LogP contribution in [-0.4, -0.2) is 14.8 Å². The van der Waals surface area contributed by atoms with E-state index in [1.54, 1.807) is 16.9 Å². The lowest BCUT2D eigenvalue weighted by atomic mass is 10.3. The van der Waals surface area contributed by atoms with E-state index in [-0.39, 0.29) is 0 Å². The molecule has 0 unspecified atom stereocenters. The molecule has 2 heterocycles. The Bertz CT molecular complexity index is 607. The average Bonchev–Trinajstić information content (AvgIpc) is 3.08. The van der Waals surface area contributed by atoms with Crippen LogP contribution in [0.5, 0.6) is 0 Å². The van der Waals surface area contributed by atoms with Crippen LogP contribution in [0.4, 0.5) is 0 Å². The summed E-state index contributed by atoms with van der Waals surface area (Å²) in [4.78, 5) is 4.17. The second kappa shape index (κ2) is 3.86. The van der Waals surface area contributed by atoms with E-state index >= 15 is 0 Å². The molecule has 17 heavy (non-hydrogen) atoms. The predicted molar refractivity (Wildman–Crippen MR) is 63.1 cm³/mol. The molecule has 0 radical (unpaired) electrons. The van der Waals surface area contributed by atoms with Gasteiger partial charge in [-0.1, -0.05) is 11.6 Å². The van der Waals surface area contributed by atoms with Gasteiger partial charge in [0.15, 0.2) is 5.82 Å². The summed E-state index contributed by atoms with van der Waals surface area (Å²) < 4.78 is 1.64. The van der Waals surface area contributed by atoms with Crippen molar-refractivity contribution in [1.29, 1.82) is 5.26 Å². The monoisotopic (exact) mass is 244 g/mol. The van der Waals surface area contributed by atoms with Crippen LogP contribution in [-0.2, 0) is 0 Å². The highest BCUT2D eigenvalue weighted by Crippen LogP contribution is 2.39. The molecule has 0 bridgehead atoms. The number of pyridine rings is 1. The lowest BCUT2D eigenvalue weighted by Gasteiger charge is -2.03. The maximum absolute atomic E-state index is 8.90. The van der Waals surface area contributed by atoms with Crippen LogP contribution in [0.1, 0.15) is 30.0 Å². The molecule has 0 saturated heterocycles. The van der Waals surface area contributed by atoms with Gasteiger partial charge in [0.25, 0.3) is 0 Å². The molecule has 1 saturated carbocycles. The first-order valence-corrected chi connectivity index (χ1v) is 5.78. The van der Waals surface area contributed by atoms with E-state index in [0.29, 0.717) is 22.3 Å². The Morgan fingerprint density at radius 2 is 2.24 bits per heavy atom. The molecule has 2 aromatic rings. The lowest BCUT2D eigenvalue weighted by molar-refractivity contribution is 0.812. The Balaban J connectivity index is 2.05. The van der Waals surface area contributed by atoms with E-state index in [1.165, 1.54) is 12.8 Å². The Kier molecular flexibility index (Phi) is 2.34. The molecular weight excluding hydrogens is 236 g/mol. The standard InChI is InChI=1S/C12H9ClN4/c13-11-9(7-14)3-5-15-12(11)17-6-4-10(16-17)8-1-2-8/h3-6,8H,1-2H2. The zero-order valence-electron chi connectivity index (χ0n) is 8.97. The van der Waals surface area contributed by atoms with E-state index in [9.17, 15) is 0 Å². The topological polar surface area (TPSA) is 54.5 Å². The molecule has 0 amide bonds. The summed E-state index contributed by atoms with van der Waals surface area (Å²) in [5, 5.41) is 13.7. The second-order valence-electron chi connectivity index (χ2n) is 4.07. The van der Waals surface area contributed by atoms with Gasteiger partial charge in [-0.05, 0) is 25.0 Å². The highest BCUT2D eigenvalue weighted by molar-refractivity contribution is 6.33. The Hall–Kier alpha value is -1.86. The first-order chi connectivity index (χ1) is 8.29. The van der Waals surface area contributed by atoms with Gasteiger partial charge in [0.1, 0.15) is 11.1 Å². The molecule has 0 aromatic carbocycles. The summed E-state index contributed by atoms with van der Waals surface area (Å²) in [6.45, 7) is 0. The van der Waals surface area contributed by atoms with Crippen LogP contribution < -0.4 is 0 Å². The minimum atomic E-state index is 0.348. The van der Waals surface area contributed by atoms with E-state index in [2.05, 4.69) is 10.1 Å². The molecule has 0 spiro atoms. The van der Waals surface area contributed by atoms with Gasteiger partial charge in [0, 0.05) is 18.3 Å². The van der Waals surface area contributed by atoms with Gasteiger partial charge in [0.2, 0.25) is 0 Å². The van der Waals surface area contributed by atoms with Crippen molar-refractivity contribution >= 4 is 11.6 Å². The Morgan fingerprint density at radius 1 is 1.41 bits per heavy atom. The van der Waals surface area contributed by atoms with E-state index < -0.39 is 0 Å². The van der Waals surface area contributed by atoms with Gasteiger partial charge in [-0.3, -0.25) is 0 Å². The van der Waals surface area contributed by atoms with Gasteiger partial charge in [-0.2, -0.15) is 10.4 Å². The van der Waals surface area contributed by atoms with Crippen molar-refractivity contribution in [2.45, 2.75) is 18.8 Å². The quantitative estimate of drug-likeness (QED) is 0.816. The van der Waals surface area contributed by atoms with Crippen molar-refractivity contribution in [2.75, 3.05) is 0 Å². The molecule has 0 aliphatic heterocycles. The maximum Gasteiger partial charge on any atom is 0.173 e. The van der Waals surface area contributed by atoms with Crippen LogP contribution >= 0.6 is 11.6 Å². The van der Waals surface area contributed by atoms with Crippen LogP contribution in [0.2, 0.25) is 5.02 Å². The van der Waals surface area contributed by atoms with Crippen LogP contribution in [0.15, 0.2) is 24.5 Å². The normalized spacial score (nSPS) is 14.6. The molecule has 0 N–H and O–H groups in total. The van der Waals surface area contributed by atoms with E-state index in [1.807, 2.05) is 18.3 Å². The van der Waals surface area contributed by atoms with Crippen LogP contribution in [0, 0.1) is 11.3 Å². The summed E-state index contributed by atoms with van der Waals surface area (Å²) in [6.07, 6.45) is 5.81. The second-order valence-corrected chi connectivity index (χ2v) is 4.45. The minimum Gasteiger partial charge on any atom is -0.236 e. The Labute approximate surface area is 103 Å². The summed E-state index contributed by atoms with van der Waals surface area (Å²) in [5.74, 6) is 1.10. The average molecular weight is 245 g/mol. The minimum absolute atomic E-state index is 0.348. The van der Waals surface area contributed by atoms with E-state index in [4.69, 9.17) is 16.9 Å². The maximum atomic E-state index is 8.90. The summed E-state index contributed by atoms with van der Waals surface area (Å²) in [7, 11) is 0. The van der Waals surface area contributed by atoms with Gasteiger partial charge < -0.3 is 0 Å². The van der Waals surface area contributed by atoms with Crippen LogP contribution in [0.3, 0.4) is 0 Å². The largest absolute Gasteiger partial charge is 0.236 e. The molecular formula is C12H9ClN4. The fraction of sp³-hybridized carbons (Fsp3) is 0.250. The number of halogens is 1. The number of nitrogens with zero attached hydrogens (tertiary/aromatic N) is 4. The molecule has 0 atom stereocenters. The third-order valence-electron chi connectivity index (χ3n) is 2.81. The fourth-order valence-electron chi connectivity index (χ4n) is 1.73. The third kappa shape index (κ3) is 1.79. The number of hydrogen-bond donors (Lipinski definition) is 0. The number of rotatable bonds is 2. The highest BCUT2D eigenvalue weighted by atomic mass is 35.5. The highest BCUT2D eigenvalue weighted by Gasteiger charge is 2.26. The smallest absolute Gasteiger partial charge is 0.173 e. The van der Waals surface area contributed by atoms with Gasteiger partial charge in [-0.15, -0.1) is 0 Å². The number of hydrogen-bond acceptors (Lipinski definition) is 3. The zero-order chi connectivity index (χ0) is 11.8. The van der Waals surface area contributed by atoms with Crippen molar-refractivity contribution in [2.24, 2.45) is 0 Å². The van der Waals surface area contributed by atoms with Crippen molar-refractivity contribution < 1.29 is 0 Å². The van der Waals surface area contributed by atoms with Gasteiger partial charge >= 0.3 is 0 Å². The molecule has 2 aromatic heterocycles. The Morgan fingerprint density at radius 3 is 2.94 bits per heavy atom. The third-order valence-corrected chi connectivity index (χ3v) is 3.19. The van der Waals surface area contributed by atoms with Crippen molar-refractivity contribution in [1.82, 2.24) is 14.8 Å². The van der Waals surface area contributed by atoms with Crippen molar-refractivity contribution in [3.8, 4) is 11.9 Å². The van der Waals surface area contributed by atoms with Gasteiger partial charge in [-0.25, -0.2) is 9.67 Å². The fourth-order valence-corrected chi connectivity index (χ4v) is 1.97. The first-order valence-electron chi connectivity index (χ1n) is 5.40. The molecule has 4 nitrogen and oxygen atoms in total. The van der Waals surface area contributed by atoms with Crippen LogP contribution in [0.25, 0.3) is 5.82 Å². The summed E-state index contributed by atoms with van der Waals surface area (Å²) in [6, 6.07) is 5.61. The summed E-state index contributed by atoms with van der Waals surface area (Å²) in [5.41, 5.74) is 1.49. The van der Waals surface area contributed by atoms with Crippen molar-refractivity contribution in [3.63, 3.8) is 0 Å². The number of nitriles is 1. The van der Waals surface area contributed by atoms with E-state index in [0.717, 1.165) is 5.69 Å². The molecule has 1 fully saturated rings. The molecule has 3 rings (SSSR count). The zero-order valence-corrected chi connectivity index (χ0v) is 9.72. The SMILES string of the molecule is N#Cc1ccnc(-n2ccc(C3CC3)n2)c1Cl. The molecule has 84 valence electrons.